The van der Waals surface area contributed by atoms with Crippen molar-refractivity contribution in [2.45, 2.75) is 65.0 Å². The van der Waals surface area contributed by atoms with Crippen LogP contribution in [-0.4, -0.2) is 64.3 Å². The number of benzene rings is 1. The van der Waals surface area contributed by atoms with Gasteiger partial charge in [0.2, 0.25) is 0 Å². The van der Waals surface area contributed by atoms with Crippen molar-refractivity contribution in [2.75, 3.05) is 41.7 Å². The van der Waals surface area contributed by atoms with Crippen LogP contribution in [0.1, 0.15) is 62.3 Å². The molecule has 0 radical (unpaired) electrons. The minimum atomic E-state index is -1.20. The molecular formula is C32H43N7O4. The maximum Gasteiger partial charge on any atom is 0.408 e. The van der Waals surface area contributed by atoms with E-state index in [1.54, 1.807) is 0 Å². The van der Waals surface area contributed by atoms with E-state index in [0.29, 0.717) is 17.7 Å². The number of anilines is 3. The highest BCUT2D eigenvalue weighted by atomic mass is 16.5. The van der Waals surface area contributed by atoms with Gasteiger partial charge in [-0.2, -0.15) is 0 Å². The van der Waals surface area contributed by atoms with Gasteiger partial charge in [0.15, 0.2) is 0 Å². The average Bonchev–Trinajstić information content (AvgIpc) is 3.04. The highest BCUT2D eigenvalue weighted by Gasteiger charge is 2.25. The number of alkyl carbamates (subject to hydrolysis) is 1. The normalized spacial score (nSPS) is 14.3. The molecule has 1 aliphatic heterocycles. The van der Waals surface area contributed by atoms with E-state index in [1.807, 2.05) is 43.3 Å². The summed E-state index contributed by atoms with van der Waals surface area (Å²) in [5.74, 6) is 2.11. The van der Waals surface area contributed by atoms with Crippen molar-refractivity contribution in [3.63, 3.8) is 0 Å². The molecule has 11 heteroatoms. The number of carboxylic acid groups (broad SMARTS) is 1. The number of amides is 1. The summed E-state index contributed by atoms with van der Waals surface area (Å²) >= 11 is 0. The fourth-order valence-corrected chi connectivity index (χ4v) is 5.23. The molecule has 4 rings (SSSR count). The van der Waals surface area contributed by atoms with Crippen LogP contribution in [0.4, 0.5) is 22.2 Å². The molecule has 0 bridgehead atoms. The third-order valence-corrected chi connectivity index (χ3v) is 8.04. The number of aliphatic carboxylic acids is 1. The van der Waals surface area contributed by atoms with Crippen LogP contribution in [0.15, 0.2) is 54.9 Å². The molecule has 1 unspecified atom stereocenters. The maximum atomic E-state index is 12.2. The van der Waals surface area contributed by atoms with Gasteiger partial charge in [0.05, 0.1) is 0 Å². The van der Waals surface area contributed by atoms with Gasteiger partial charge < -0.3 is 30.7 Å². The summed E-state index contributed by atoms with van der Waals surface area (Å²) in [5, 5.41) is 18.7. The van der Waals surface area contributed by atoms with Crippen LogP contribution in [0.3, 0.4) is 0 Å². The Morgan fingerprint density at radius 1 is 1.00 bits per heavy atom. The number of piperidine rings is 1. The van der Waals surface area contributed by atoms with Crippen LogP contribution in [0, 0.1) is 12.8 Å². The number of carbonyl (C=O) groups is 2. The number of hydrogen-bond donors (Lipinski definition) is 4. The molecule has 1 saturated heterocycles. The molecule has 1 aliphatic rings. The van der Waals surface area contributed by atoms with Crippen molar-refractivity contribution >= 4 is 29.5 Å². The first-order valence-electron chi connectivity index (χ1n) is 15.1. The molecule has 1 atom stereocenters. The van der Waals surface area contributed by atoms with E-state index in [0.717, 1.165) is 73.8 Å². The lowest BCUT2D eigenvalue weighted by molar-refractivity contribution is -0.139. The van der Waals surface area contributed by atoms with Crippen LogP contribution < -0.4 is 20.9 Å². The highest BCUT2D eigenvalue weighted by Crippen LogP contribution is 2.31. The molecule has 1 fully saturated rings. The van der Waals surface area contributed by atoms with Crippen LogP contribution in [0.25, 0.3) is 0 Å². The molecule has 2 aromatic heterocycles. The Balaban J connectivity index is 1.30. The van der Waals surface area contributed by atoms with Gasteiger partial charge in [-0.05, 0) is 43.4 Å². The molecule has 3 aromatic rings. The molecular weight excluding hydrogens is 546 g/mol. The zero-order valence-electron chi connectivity index (χ0n) is 25.3. The summed E-state index contributed by atoms with van der Waals surface area (Å²) in [6.07, 6.45) is 4.88. The molecule has 4 N–H and O–H groups in total. The van der Waals surface area contributed by atoms with Crippen molar-refractivity contribution < 1.29 is 19.4 Å². The van der Waals surface area contributed by atoms with Crippen molar-refractivity contribution in [3.05, 3.63) is 71.7 Å². The first-order valence-corrected chi connectivity index (χ1v) is 15.1. The number of aromatic nitrogens is 3. The van der Waals surface area contributed by atoms with E-state index < -0.39 is 18.1 Å². The Labute approximate surface area is 253 Å². The fourth-order valence-electron chi connectivity index (χ4n) is 5.23. The second-order valence-electron chi connectivity index (χ2n) is 10.9. The van der Waals surface area contributed by atoms with E-state index in [4.69, 9.17) is 9.72 Å². The molecule has 0 spiro atoms. The predicted octanol–water partition coefficient (Wildman–Crippen LogP) is 5.20. The monoisotopic (exact) mass is 589 g/mol. The summed E-state index contributed by atoms with van der Waals surface area (Å²) in [7, 11) is 0. The molecule has 0 saturated carbocycles. The van der Waals surface area contributed by atoms with Crippen molar-refractivity contribution in [1.29, 1.82) is 0 Å². The zero-order chi connectivity index (χ0) is 30.6. The van der Waals surface area contributed by atoms with E-state index >= 15 is 0 Å². The Kier molecular flexibility index (Phi) is 11.5. The Morgan fingerprint density at radius 2 is 1.74 bits per heavy atom. The van der Waals surface area contributed by atoms with E-state index in [2.05, 4.69) is 56.8 Å². The van der Waals surface area contributed by atoms with Crippen molar-refractivity contribution in [2.24, 2.45) is 5.92 Å². The zero-order valence-corrected chi connectivity index (χ0v) is 25.3. The van der Waals surface area contributed by atoms with Gasteiger partial charge in [-0.25, -0.2) is 24.5 Å². The molecule has 3 heterocycles. The second kappa shape index (κ2) is 15.7. The Bertz CT molecular complexity index is 1330. The molecule has 0 aliphatic carbocycles. The molecule has 230 valence electrons. The van der Waals surface area contributed by atoms with Crippen LogP contribution in [-0.2, 0) is 16.1 Å². The lowest BCUT2D eigenvalue weighted by Gasteiger charge is -2.33. The van der Waals surface area contributed by atoms with Crippen molar-refractivity contribution in [3.8, 4) is 0 Å². The summed E-state index contributed by atoms with van der Waals surface area (Å²) in [6.45, 7) is 8.93. The van der Waals surface area contributed by atoms with Crippen molar-refractivity contribution in [1.82, 2.24) is 20.3 Å². The fraction of sp³-hybridized carbons (Fsp3) is 0.469. The largest absolute Gasteiger partial charge is 0.480 e. The third kappa shape index (κ3) is 9.04. The second-order valence-corrected chi connectivity index (χ2v) is 10.9. The Morgan fingerprint density at radius 3 is 2.44 bits per heavy atom. The van der Waals surface area contributed by atoms with Gasteiger partial charge in [0.1, 0.15) is 36.4 Å². The van der Waals surface area contributed by atoms with E-state index in [-0.39, 0.29) is 13.2 Å². The molecule has 1 amide bonds. The highest BCUT2D eigenvalue weighted by molar-refractivity contribution is 5.80. The van der Waals surface area contributed by atoms with Gasteiger partial charge in [-0.15, -0.1) is 0 Å². The first-order chi connectivity index (χ1) is 20.9. The van der Waals surface area contributed by atoms with Gasteiger partial charge in [0.25, 0.3) is 0 Å². The Hall–Kier alpha value is -4.41. The molecule has 43 heavy (non-hydrogen) atoms. The minimum Gasteiger partial charge on any atom is -0.480 e. The number of carboxylic acids is 1. The lowest BCUT2D eigenvalue weighted by atomic mass is 9.93. The number of carbonyl (C=O) groups excluding carboxylic acids is 1. The number of nitrogens with zero attached hydrogens (tertiary/aromatic N) is 4. The maximum absolute atomic E-state index is 12.2. The van der Waals surface area contributed by atoms with Gasteiger partial charge in [-0.1, -0.05) is 63.1 Å². The van der Waals surface area contributed by atoms with Gasteiger partial charge in [0, 0.05) is 43.4 Å². The summed E-state index contributed by atoms with van der Waals surface area (Å²) in [6, 6.07) is 14.2. The predicted molar refractivity (Wildman–Crippen MR) is 167 cm³/mol. The lowest BCUT2D eigenvalue weighted by Crippen LogP contribution is -2.45. The number of pyridine rings is 1. The number of ether oxygens (including phenoxy) is 1. The molecule has 1 aromatic carbocycles. The van der Waals surface area contributed by atoms with E-state index in [1.165, 1.54) is 6.33 Å². The number of rotatable bonds is 14. The first kappa shape index (κ1) is 31.5. The summed E-state index contributed by atoms with van der Waals surface area (Å²) < 4.78 is 5.18. The average molecular weight is 590 g/mol. The van der Waals surface area contributed by atoms with Crippen LogP contribution in [0.2, 0.25) is 0 Å². The third-order valence-electron chi connectivity index (χ3n) is 8.04. The molecule has 11 nitrogen and oxygen atoms in total. The van der Waals surface area contributed by atoms with Crippen LogP contribution in [0.5, 0.6) is 0 Å². The quantitative estimate of drug-likeness (QED) is 0.198. The van der Waals surface area contributed by atoms with Gasteiger partial charge >= 0.3 is 12.1 Å². The summed E-state index contributed by atoms with van der Waals surface area (Å²) in [4.78, 5) is 40.1. The van der Waals surface area contributed by atoms with Crippen LogP contribution >= 0.6 is 0 Å². The SMILES string of the molecule is CCC(CC)CNc1cccc(C2CCN(c3ncnc(NCC(NC(=O)OCc4ccccc4)C(=O)O)c3C)CC2)n1. The summed E-state index contributed by atoms with van der Waals surface area (Å²) in [5.41, 5.74) is 2.75. The topological polar surface area (TPSA) is 142 Å². The van der Waals surface area contributed by atoms with Gasteiger partial charge in [-0.3, -0.25) is 0 Å². The van der Waals surface area contributed by atoms with E-state index in [9.17, 15) is 14.7 Å². The minimum absolute atomic E-state index is 0.0498. The number of hydrogen-bond acceptors (Lipinski definition) is 9. The number of nitrogens with one attached hydrogen (secondary N) is 3. The standard InChI is InChI=1S/C32H43N7O4/c1-4-23(5-2)18-33-28-13-9-12-26(37-28)25-14-16-39(17-15-25)30-22(3)29(35-21-36-30)34-19-27(31(40)41)38-32(42)43-20-24-10-7-6-8-11-24/h6-13,21,23,25,27H,4-5,14-20H2,1-3H3,(H,33,37)(H,38,42)(H,40,41)(H,34,35,36). The smallest absolute Gasteiger partial charge is 0.408 e.